The van der Waals surface area contributed by atoms with Gasteiger partial charge >= 0.3 is 0 Å². The standard InChI is InChI=1S/C18H29N3O4S.ClH/c1-4-18(22)20-12-15-11-16(5-6-17(15)25-3)26(23,24)21-9-7-14(8-10-21)13(2)19;/h5-6,11,13-14H,4,7-10,12,19H2,1-3H3,(H,20,22);1H. The SMILES string of the molecule is CCC(=O)NCc1cc(S(=O)(=O)N2CCC(C(C)N)CC2)ccc1OC.Cl. The second-order valence-corrected chi connectivity index (χ2v) is 8.64. The van der Waals surface area contributed by atoms with Crippen molar-refractivity contribution < 1.29 is 17.9 Å². The maximum Gasteiger partial charge on any atom is 0.243 e. The number of hydrogen-bond acceptors (Lipinski definition) is 5. The molecule has 1 aromatic carbocycles. The highest BCUT2D eigenvalue weighted by Crippen LogP contribution is 2.28. The number of rotatable bonds is 7. The second kappa shape index (κ2) is 10.3. The topological polar surface area (TPSA) is 102 Å². The molecule has 2 rings (SSSR count). The normalized spacial score (nSPS) is 17.0. The third-order valence-corrected chi connectivity index (χ3v) is 6.82. The minimum Gasteiger partial charge on any atom is -0.496 e. The van der Waals surface area contributed by atoms with E-state index in [-0.39, 0.29) is 35.8 Å². The minimum absolute atomic E-state index is 0. The first-order valence-corrected chi connectivity index (χ1v) is 10.4. The lowest BCUT2D eigenvalue weighted by atomic mass is 9.92. The van der Waals surface area contributed by atoms with Crippen LogP contribution in [0.25, 0.3) is 0 Å². The summed E-state index contributed by atoms with van der Waals surface area (Å²) in [5, 5.41) is 2.76. The predicted octanol–water partition coefficient (Wildman–Crippen LogP) is 1.89. The van der Waals surface area contributed by atoms with Crippen LogP contribution in [-0.4, -0.2) is 44.9 Å². The van der Waals surface area contributed by atoms with Crippen LogP contribution in [0.2, 0.25) is 0 Å². The highest BCUT2D eigenvalue weighted by atomic mass is 35.5. The number of sulfonamides is 1. The largest absolute Gasteiger partial charge is 0.496 e. The average molecular weight is 420 g/mol. The number of amides is 1. The van der Waals surface area contributed by atoms with Crippen LogP contribution in [0.3, 0.4) is 0 Å². The molecule has 0 radical (unpaired) electrons. The Morgan fingerprint density at radius 3 is 2.52 bits per heavy atom. The van der Waals surface area contributed by atoms with Crippen LogP contribution >= 0.6 is 12.4 Å². The van der Waals surface area contributed by atoms with Crippen molar-refractivity contribution >= 4 is 28.3 Å². The fraction of sp³-hybridized carbons (Fsp3) is 0.611. The molecule has 154 valence electrons. The Hall–Kier alpha value is -1.35. The van der Waals surface area contributed by atoms with Gasteiger partial charge in [-0.25, -0.2) is 8.42 Å². The number of nitrogens with one attached hydrogen (secondary N) is 1. The molecule has 27 heavy (non-hydrogen) atoms. The summed E-state index contributed by atoms with van der Waals surface area (Å²) in [5.74, 6) is 0.812. The molecule has 1 heterocycles. The number of nitrogens with zero attached hydrogens (tertiary/aromatic N) is 1. The summed E-state index contributed by atoms with van der Waals surface area (Å²) >= 11 is 0. The molecule has 1 aliphatic rings. The smallest absolute Gasteiger partial charge is 0.243 e. The molecule has 1 aliphatic heterocycles. The molecule has 0 aliphatic carbocycles. The summed E-state index contributed by atoms with van der Waals surface area (Å²) in [6, 6.07) is 4.85. The Labute approximate surface area is 168 Å². The molecule has 0 bridgehead atoms. The van der Waals surface area contributed by atoms with Gasteiger partial charge in [0.2, 0.25) is 15.9 Å². The number of methoxy groups -OCH3 is 1. The lowest BCUT2D eigenvalue weighted by Gasteiger charge is -2.33. The van der Waals surface area contributed by atoms with Gasteiger partial charge in [-0.2, -0.15) is 4.31 Å². The third-order valence-electron chi connectivity index (χ3n) is 4.93. The van der Waals surface area contributed by atoms with Crippen molar-refractivity contribution in [1.82, 2.24) is 9.62 Å². The van der Waals surface area contributed by atoms with Crippen molar-refractivity contribution in [3.8, 4) is 5.75 Å². The summed E-state index contributed by atoms with van der Waals surface area (Å²) < 4.78 is 32.8. The molecule has 1 saturated heterocycles. The summed E-state index contributed by atoms with van der Waals surface area (Å²) in [5.41, 5.74) is 6.58. The van der Waals surface area contributed by atoms with Crippen molar-refractivity contribution in [3.05, 3.63) is 23.8 Å². The van der Waals surface area contributed by atoms with E-state index in [0.717, 1.165) is 12.8 Å². The van der Waals surface area contributed by atoms with Gasteiger partial charge in [0.05, 0.1) is 12.0 Å². The van der Waals surface area contributed by atoms with E-state index in [1.54, 1.807) is 25.1 Å². The first-order valence-electron chi connectivity index (χ1n) is 8.99. The molecule has 0 spiro atoms. The molecule has 1 unspecified atom stereocenters. The molecule has 0 saturated carbocycles. The Morgan fingerprint density at radius 2 is 2.00 bits per heavy atom. The minimum atomic E-state index is -3.58. The van der Waals surface area contributed by atoms with Crippen molar-refractivity contribution in [2.24, 2.45) is 11.7 Å². The molecular formula is C18H30ClN3O4S. The molecule has 9 heteroatoms. The zero-order valence-electron chi connectivity index (χ0n) is 16.1. The molecule has 1 aromatic rings. The van der Waals surface area contributed by atoms with Gasteiger partial charge in [-0.1, -0.05) is 6.92 Å². The van der Waals surface area contributed by atoms with Crippen molar-refractivity contribution in [3.63, 3.8) is 0 Å². The zero-order valence-corrected chi connectivity index (χ0v) is 17.7. The fourth-order valence-electron chi connectivity index (χ4n) is 3.16. The zero-order chi connectivity index (χ0) is 19.3. The average Bonchev–Trinajstić information content (AvgIpc) is 2.65. The number of ether oxygens (including phenoxy) is 1. The molecule has 1 atom stereocenters. The van der Waals surface area contributed by atoms with Crippen LogP contribution in [0.15, 0.2) is 23.1 Å². The number of carbonyl (C=O) groups excluding carboxylic acids is 1. The van der Waals surface area contributed by atoms with Gasteiger partial charge in [-0.05, 0) is 43.9 Å². The number of halogens is 1. The molecule has 3 N–H and O–H groups in total. The third kappa shape index (κ3) is 5.81. The summed E-state index contributed by atoms with van der Waals surface area (Å²) in [4.78, 5) is 11.7. The number of nitrogens with two attached hydrogens (primary N) is 1. The Balaban J connectivity index is 0.00000364. The lowest BCUT2D eigenvalue weighted by Crippen LogP contribution is -2.42. The number of benzene rings is 1. The Kier molecular flexibility index (Phi) is 9.01. The highest BCUT2D eigenvalue weighted by Gasteiger charge is 2.31. The van der Waals surface area contributed by atoms with Gasteiger partial charge in [0.15, 0.2) is 0 Å². The Morgan fingerprint density at radius 1 is 1.37 bits per heavy atom. The number of carbonyl (C=O) groups is 1. The van der Waals surface area contributed by atoms with Crippen molar-refractivity contribution in [2.75, 3.05) is 20.2 Å². The van der Waals surface area contributed by atoms with E-state index >= 15 is 0 Å². The van der Waals surface area contributed by atoms with E-state index in [1.807, 2.05) is 6.92 Å². The van der Waals surface area contributed by atoms with E-state index in [0.29, 0.717) is 36.7 Å². The first-order chi connectivity index (χ1) is 12.3. The lowest BCUT2D eigenvalue weighted by molar-refractivity contribution is -0.120. The van der Waals surface area contributed by atoms with Crippen LogP contribution in [0.4, 0.5) is 0 Å². The van der Waals surface area contributed by atoms with Crippen LogP contribution in [0.5, 0.6) is 5.75 Å². The maximum absolute atomic E-state index is 13.0. The van der Waals surface area contributed by atoms with Crippen LogP contribution in [0, 0.1) is 5.92 Å². The molecule has 1 amide bonds. The maximum atomic E-state index is 13.0. The monoisotopic (exact) mass is 419 g/mol. The van der Waals surface area contributed by atoms with Crippen molar-refractivity contribution in [1.29, 1.82) is 0 Å². The summed E-state index contributed by atoms with van der Waals surface area (Å²) in [7, 11) is -2.06. The molecule has 1 fully saturated rings. The number of piperidine rings is 1. The van der Waals surface area contributed by atoms with Crippen LogP contribution < -0.4 is 15.8 Å². The molecule has 7 nitrogen and oxygen atoms in total. The quantitative estimate of drug-likeness (QED) is 0.702. The summed E-state index contributed by atoms with van der Waals surface area (Å²) in [6.07, 6.45) is 1.91. The number of hydrogen-bond donors (Lipinski definition) is 2. The van der Waals surface area contributed by atoms with E-state index in [4.69, 9.17) is 10.5 Å². The second-order valence-electron chi connectivity index (χ2n) is 6.70. The van der Waals surface area contributed by atoms with E-state index in [2.05, 4.69) is 5.32 Å². The van der Waals surface area contributed by atoms with E-state index in [9.17, 15) is 13.2 Å². The molecular weight excluding hydrogens is 390 g/mol. The summed E-state index contributed by atoms with van der Waals surface area (Å²) in [6.45, 7) is 4.91. The van der Waals surface area contributed by atoms with Crippen LogP contribution in [-0.2, 0) is 21.4 Å². The van der Waals surface area contributed by atoms with Gasteiger partial charge in [0, 0.05) is 37.7 Å². The first kappa shape index (κ1) is 23.7. The van der Waals surface area contributed by atoms with Crippen LogP contribution in [0.1, 0.15) is 38.7 Å². The fourth-order valence-corrected chi connectivity index (χ4v) is 4.68. The van der Waals surface area contributed by atoms with E-state index < -0.39 is 10.0 Å². The predicted molar refractivity (Wildman–Crippen MR) is 108 cm³/mol. The van der Waals surface area contributed by atoms with E-state index in [1.165, 1.54) is 11.4 Å². The van der Waals surface area contributed by atoms with Gasteiger partial charge in [-0.3, -0.25) is 4.79 Å². The van der Waals surface area contributed by atoms with Gasteiger partial charge in [-0.15, -0.1) is 12.4 Å². The Bertz CT molecular complexity index is 732. The van der Waals surface area contributed by atoms with Crippen molar-refractivity contribution in [2.45, 2.75) is 50.6 Å². The van der Waals surface area contributed by atoms with Gasteiger partial charge in [0.1, 0.15) is 5.75 Å². The molecule has 0 aromatic heterocycles. The highest BCUT2D eigenvalue weighted by molar-refractivity contribution is 7.89. The van der Waals surface area contributed by atoms with Gasteiger partial charge in [0.25, 0.3) is 0 Å². The van der Waals surface area contributed by atoms with Gasteiger partial charge < -0.3 is 15.8 Å².